The number of nitrogens with one attached hydrogen (secondary N) is 4. The maximum Gasteiger partial charge on any atom is 0.407 e. The van der Waals surface area contributed by atoms with E-state index in [4.69, 9.17) is 19.4 Å². The molecule has 4 fully saturated rings. The van der Waals surface area contributed by atoms with E-state index >= 15 is 0 Å². The first kappa shape index (κ1) is 40.2. The summed E-state index contributed by atoms with van der Waals surface area (Å²) in [4.78, 5) is 72.9. The fraction of sp³-hybridized carbons (Fsp3) is 0.447. The number of carbonyl (C=O) groups is 4. The number of rotatable bonds is 11. The number of hydrogen-bond donors (Lipinski definition) is 4. The van der Waals surface area contributed by atoms with Crippen molar-refractivity contribution in [3.63, 3.8) is 0 Å². The molecule has 5 aromatic rings. The number of likely N-dealkylation sites (tertiary alicyclic amines) is 2. The number of H-pyrrole nitrogens is 2. The lowest BCUT2D eigenvalue weighted by Crippen LogP contribution is -2.52. The molecule has 9 rings (SSSR count). The lowest BCUT2D eigenvalue weighted by atomic mass is 9.94. The summed E-state index contributed by atoms with van der Waals surface area (Å²) in [5.41, 5.74) is 5.89. The number of hydrogen-bond acceptors (Lipinski definition) is 8. The molecule has 0 spiro atoms. The standard InChI is InChI=1S/C47H54N8O6/c1-23(2)39(52-46(58)60-6)44(56)54-36-18-28(36)19-37(54)42-48-21-34(50-42)27-16-14-26(15-17-27)29-10-8-12-31-30(29)11-9-13-32(31)35-22-49-43(51-35)38-20-33-25(5)41(33)55(38)45(57)40(24(3)4)53-47(59)61-7/h8-17,21-25,28,33,36-41H,18-20H2,1-7H3,(H,48,50)(H,49,51)(H,52,58)(H,53,59)/t25?,28-,33?,36-,37+,38+,39+,40?,41?/m1/s1. The highest BCUT2D eigenvalue weighted by Gasteiger charge is 2.61. The molecule has 14 nitrogen and oxygen atoms in total. The van der Waals surface area contributed by atoms with E-state index < -0.39 is 24.3 Å². The Morgan fingerprint density at radius 3 is 1.80 bits per heavy atom. The minimum Gasteiger partial charge on any atom is -0.453 e. The van der Waals surface area contributed by atoms with Crippen molar-refractivity contribution in [2.45, 2.75) is 90.1 Å². The summed E-state index contributed by atoms with van der Waals surface area (Å²) in [6.45, 7) is 9.88. The number of alkyl carbamates (subject to hydrolysis) is 2. The molecule has 2 aliphatic carbocycles. The van der Waals surface area contributed by atoms with Gasteiger partial charge in [0.1, 0.15) is 23.7 Å². The van der Waals surface area contributed by atoms with E-state index in [1.54, 1.807) is 0 Å². The number of amides is 4. The molecule has 4 heterocycles. The fourth-order valence-corrected chi connectivity index (χ4v) is 10.1. The van der Waals surface area contributed by atoms with Crippen molar-refractivity contribution in [3.8, 4) is 33.6 Å². The highest BCUT2D eigenvalue weighted by molar-refractivity contribution is 6.04. The van der Waals surface area contributed by atoms with Crippen molar-refractivity contribution in [3.05, 3.63) is 84.7 Å². The van der Waals surface area contributed by atoms with Crippen LogP contribution in [0.3, 0.4) is 0 Å². The Balaban J connectivity index is 0.941. The smallest absolute Gasteiger partial charge is 0.407 e. The zero-order chi connectivity index (χ0) is 42.9. The third kappa shape index (κ3) is 7.19. The monoisotopic (exact) mass is 826 g/mol. The summed E-state index contributed by atoms with van der Waals surface area (Å²) >= 11 is 0. The number of ether oxygens (including phenoxy) is 2. The molecule has 2 saturated carbocycles. The van der Waals surface area contributed by atoms with Crippen molar-refractivity contribution < 1.29 is 28.7 Å². The average Bonchev–Trinajstić information content (AvgIpc) is 3.73. The lowest BCUT2D eigenvalue weighted by molar-refractivity contribution is -0.137. The number of benzene rings is 3. The minimum atomic E-state index is -0.703. The Morgan fingerprint density at radius 2 is 1.20 bits per heavy atom. The van der Waals surface area contributed by atoms with Crippen molar-refractivity contribution in [1.82, 2.24) is 40.4 Å². The number of carbonyl (C=O) groups excluding carboxylic acids is 4. The maximum atomic E-state index is 14.1. The summed E-state index contributed by atoms with van der Waals surface area (Å²) in [6.07, 6.45) is 5.08. The first-order valence-electron chi connectivity index (χ1n) is 21.4. The maximum absolute atomic E-state index is 14.1. The van der Waals surface area contributed by atoms with Gasteiger partial charge in [-0.3, -0.25) is 9.59 Å². The van der Waals surface area contributed by atoms with Gasteiger partial charge in [0.05, 0.1) is 50.1 Å². The molecular weight excluding hydrogens is 773 g/mol. The van der Waals surface area contributed by atoms with Crippen LogP contribution in [0, 0.1) is 29.6 Å². The van der Waals surface area contributed by atoms with E-state index in [2.05, 4.69) is 88.2 Å². The highest BCUT2D eigenvalue weighted by Crippen LogP contribution is 2.58. The molecule has 9 atom stereocenters. The molecular formula is C47H54N8O6. The van der Waals surface area contributed by atoms with Crippen LogP contribution in [0.5, 0.6) is 0 Å². The van der Waals surface area contributed by atoms with Crippen LogP contribution in [0.1, 0.15) is 77.6 Å². The molecule has 4 N–H and O–H groups in total. The van der Waals surface area contributed by atoms with Gasteiger partial charge in [0.2, 0.25) is 11.8 Å². The van der Waals surface area contributed by atoms with Crippen LogP contribution in [0.2, 0.25) is 0 Å². The van der Waals surface area contributed by atoms with Crippen LogP contribution in [0.4, 0.5) is 9.59 Å². The molecule has 0 radical (unpaired) electrons. The Hall–Kier alpha value is -6.18. The van der Waals surface area contributed by atoms with E-state index in [0.717, 1.165) is 75.3 Å². The van der Waals surface area contributed by atoms with Crippen molar-refractivity contribution in [1.29, 1.82) is 0 Å². The van der Waals surface area contributed by atoms with Crippen molar-refractivity contribution >= 4 is 34.8 Å². The molecule has 14 heteroatoms. The quantitative estimate of drug-likeness (QED) is 0.105. The molecule has 2 aromatic heterocycles. The molecule has 4 unspecified atom stereocenters. The third-order valence-electron chi connectivity index (χ3n) is 13.6. The van der Waals surface area contributed by atoms with Gasteiger partial charge in [0, 0.05) is 17.6 Å². The van der Waals surface area contributed by atoms with Gasteiger partial charge >= 0.3 is 12.2 Å². The summed E-state index contributed by atoms with van der Waals surface area (Å²) < 4.78 is 9.66. The third-order valence-corrected chi connectivity index (χ3v) is 13.6. The first-order chi connectivity index (χ1) is 29.4. The number of fused-ring (bicyclic) bond motifs is 3. The van der Waals surface area contributed by atoms with E-state index in [1.165, 1.54) is 14.2 Å². The largest absolute Gasteiger partial charge is 0.453 e. The summed E-state index contributed by atoms with van der Waals surface area (Å²) in [5, 5.41) is 7.69. The number of imidazole rings is 2. The van der Waals surface area contributed by atoms with Gasteiger partial charge in [-0.25, -0.2) is 19.6 Å². The minimum absolute atomic E-state index is 0.103. The number of aromatic amines is 2. The van der Waals surface area contributed by atoms with E-state index in [-0.39, 0.29) is 47.8 Å². The molecule has 61 heavy (non-hydrogen) atoms. The Morgan fingerprint density at radius 1 is 0.672 bits per heavy atom. The van der Waals surface area contributed by atoms with Gasteiger partial charge in [0.15, 0.2) is 0 Å². The number of methoxy groups -OCH3 is 2. The Bertz CT molecular complexity index is 2490. The number of aromatic nitrogens is 4. The molecule has 3 aromatic carbocycles. The predicted molar refractivity (Wildman–Crippen MR) is 230 cm³/mol. The van der Waals surface area contributed by atoms with Crippen LogP contribution in [-0.2, 0) is 19.1 Å². The van der Waals surface area contributed by atoms with Gasteiger partial charge in [-0.1, -0.05) is 95.3 Å². The van der Waals surface area contributed by atoms with Gasteiger partial charge in [-0.2, -0.15) is 0 Å². The number of piperidine rings is 2. The normalized spacial score (nSPS) is 24.6. The van der Waals surface area contributed by atoms with Crippen LogP contribution in [-0.4, -0.2) is 92.1 Å². The van der Waals surface area contributed by atoms with Gasteiger partial charge < -0.3 is 39.9 Å². The molecule has 2 aliphatic heterocycles. The van der Waals surface area contributed by atoms with Gasteiger partial charge in [-0.05, 0) is 76.3 Å². The fourth-order valence-electron chi connectivity index (χ4n) is 10.1. The molecule has 0 bridgehead atoms. The molecule has 2 saturated heterocycles. The molecule has 4 aliphatic rings. The van der Waals surface area contributed by atoms with Crippen LogP contribution in [0.25, 0.3) is 44.4 Å². The molecule has 318 valence electrons. The second kappa shape index (κ2) is 15.7. The van der Waals surface area contributed by atoms with E-state index in [0.29, 0.717) is 17.8 Å². The zero-order valence-corrected chi connectivity index (χ0v) is 35.6. The summed E-state index contributed by atoms with van der Waals surface area (Å²) in [5.74, 6) is 2.29. The second-order valence-corrected chi connectivity index (χ2v) is 17.9. The summed E-state index contributed by atoms with van der Waals surface area (Å²) in [7, 11) is 2.61. The van der Waals surface area contributed by atoms with E-state index in [1.807, 2.05) is 49.9 Å². The molecule has 4 amide bonds. The predicted octanol–water partition coefficient (Wildman–Crippen LogP) is 7.62. The van der Waals surface area contributed by atoms with Crippen LogP contribution in [0.15, 0.2) is 73.1 Å². The first-order valence-corrected chi connectivity index (χ1v) is 21.4. The van der Waals surface area contributed by atoms with Crippen molar-refractivity contribution in [2.24, 2.45) is 29.6 Å². The second-order valence-electron chi connectivity index (χ2n) is 17.9. The van der Waals surface area contributed by atoms with E-state index in [9.17, 15) is 19.2 Å². The highest BCUT2D eigenvalue weighted by atomic mass is 16.5. The van der Waals surface area contributed by atoms with Gasteiger partial charge in [-0.15, -0.1) is 0 Å². The Kier molecular flexibility index (Phi) is 10.4. The average molecular weight is 827 g/mol. The summed E-state index contributed by atoms with van der Waals surface area (Å²) in [6, 6.07) is 19.5. The zero-order valence-electron chi connectivity index (χ0n) is 35.6. The van der Waals surface area contributed by atoms with Crippen molar-refractivity contribution in [2.75, 3.05) is 14.2 Å². The SMILES string of the molecule is COC(=O)NC(C(=O)N1C2C(C)C2C[C@H]1c1ncc(-c2cccc3c(-c4ccc(-c5cnc([C@@H]6C[C@H]7C[C@H]7N6C(=O)[C@@H](NC(=O)OC)C(C)C)[nH]5)cc4)cccc23)[nH]1)C(C)C. The van der Waals surface area contributed by atoms with Crippen LogP contribution >= 0.6 is 0 Å². The van der Waals surface area contributed by atoms with Crippen LogP contribution < -0.4 is 10.6 Å². The Labute approximate surface area is 355 Å². The lowest BCUT2D eigenvalue weighted by Gasteiger charge is -2.32. The number of nitrogens with zero attached hydrogens (tertiary/aromatic N) is 4. The van der Waals surface area contributed by atoms with Gasteiger partial charge in [0.25, 0.3) is 0 Å². The topological polar surface area (TPSA) is 175 Å².